The molecule has 2 unspecified atom stereocenters. The molecule has 200 valence electrons. The van der Waals surface area contributed by atoms with E-state index in [1.54, 1.807) is 12.2 Å². The third kappa shape index (κ3) is 6.94. The Morgan fingerprint density at radius 2 is 2.03 bits per heavy atom. The summed E-state index contributed by atoms with van der Waals surface area (Å²) in [5.74, 6) is -2.29. The summed E-state index contributed by atoms with van der Waals surface area (Å²) < 4.78 is 69.6. The van der Waals surface area contributed by atoms with Crippen LogP contribution < -0.4 is 20.9 Å². The number of carbonyl (C=O) groups is 1. The molecule has 0 radical (unpaired) electrons. The van der Waals surface area contributed by atoms with Gasteiger partial charge in [0.25, 0.3) is 11.5 Å². The first-order chi connectivity index (χ1) is 17.5. The van der Waals surface area contributed by atoms with Crippen molar-refractivity contribution in [2.45, 2.75) is 25.4 Å². The van der Waals surface area contributed by atoms with Crippen molar-refractivity contribution >= 4 is 36.8 Å². The van der Waals surface area contributed by atoms with E-state index >= 15 is 0 Å². The summed E-state index contributed by atoms with van der Waals surface area (Å²) in [5.41, 5.74) is -0.139. The topological polar surface area (TPSA) is 115 Å². The zero-order valence-electron chi connectivity index (χ0n) is 19.8. The van der Waals surface area contributed by atoms with E-state index in [0.717, 1.165) is 18.2 Å². The molecule has 2 aromatic rings. The summed E-state index contributed by atoms with van der Waals surface area (Å²) >= 11 is -1.13. The molecular weight excluding hydrogens is 615 g/mol. The second-order valence-corrected chi connectivity index (χ2v) is 9.49. The Labute approximate surface area is 218 Å². The second kappa shape index (κ2) is 11.9. The van der Waals surface area contributed by atoms with Crippen LogP contribution >= 0.6 is 20.7 Å². The number of amides is 1. The van der Waals surface area contributed by atoms with Gasteiger partial charge in [-0.15, -0.1) is 13.2 Å². The number of benzene rings is 1. The van der Waals surface area contributed by atoms with Crippen molar-refractivity contribution < 1.29 is 36.6 Å². The highest BCUT2D eigenvalue weighted by molar-refractivity contribution is 14.2. The normalized spacial score (nSPS) is 16.2. The molecule has 0 bridgehead atoms. The molecule has 1 aromatic heterocycles. The van der Waals surface area contributed by atoms with Crippen LogP contribution in [0.3, 0.4) is 0 Å². The number of aromatic amines is 1. The number of halogens is 5. The third-order valence-corrected chi connectivity index (χ3v) is 6.90. The Hall–Kier alpha value is -3.27. The number of hydrogen-bond donors (Lipinski definition) is 3. The molecule has 1 amide bonds. The molecule has 2 atom stereocenters. The number of H-pyrrole nitrogens is 1. The number of methoxy groups -OCH3 is 2. The maximum Gasteiger partial charge on any atom is 0.573 e. The summed E-state index contributed by atoms with van der Waals surface area (Å²) in [6, 6.07) is 1.56. The molecule has 0 spiro atoms. The minimum Gasteiger partial charge on any atom is -0.499 e. The number of aromatic nitrogens is 2. The lowest BCUT2D eigenvalue weighted by Crippen LogP contribution is -2.36. The molecule has 14 heteroatoms. The number of dihydropyridines is 1. The molecule has 2 heterocycles. The maximum atomic E-state index is 14.3. The van der Waals surface area contributed by atoms with Crippen LogP contribution in [0.15, 0.2) is 40.9 Å². The van der Waals surface area contributed by atoms with Crippen molar-refractivity contribution in [3.8, 4) is 5.75 Å². The number of alkyl halides is 3. The molecule has 1 aliphatic rings. The van der Waals surface area contributed by atoms with Gasteiger partial charge in [-0.3, -0.25) is 9.59 Å². The van der Waals surface area contributed by atoms with Gasteiger partial charge >= 0.3 is 6.36 Å². The summed E-state index contributed by atoms with van der Waals surface area (Å²) in [6.07, 6.45) is -1.73. The summed E-state index contributed by atoms with van der Waals surface area (Å²) in [6.45, 7) is 1.69. The van der Waals surface area contributed by atoms with E-state index in [1.165, 1.54) is 14.2 Å². The predicted molar refractivity (Wildman–Crippen MR) is 136 cm³/mol. The fourth-order valence-electron chi connectivity index (χ4n) is 3.47. The molecule has 0 saturated heterocycles. The molecule has 9 nitrogen and oxygen atoms in total. The van der Waals surface area contributed by atoms with Gasteiger partial charge in [-0.2, -0.15) is 0 Å². The fraction of sp³-hybridized carbons (Fsp3) is 0.304. The Kier molecular flexibility index (Phi) is 9.07. The summed E-state index contributed by atoms with van der Waals surface area (Å²) in [7, 11) is 2.86. The predicted octanol–water partition coefficient (Wildman–Crippen LogP) is 3.36. The van der Waals surface area contributed by atoms with Gasteiger partial charge in [0.2, 0.25) is 0 Å². The van der Waals surface area contributed by atoms with Gasteiger partial charge in [-0.1, -0.05) is 31.3 Å². The van der Waals surface area contributed by atoms with Crippen LogP contribution in [0.25, 0.3) is 5.70 Å². The van der Waals surface area contributed by atoms with Crippen LogP contribution in [-0.2, 0) is 9.47 Å². The van der Waals surface area contributed by atoms with Crippen molar-refractivity contribution in [3.63, 3.8) is 0 Å². The van der Waals surface area contributed by atoms with E-state index in [2.05, 4.69) is 29.9 Å². The number of nitrogens with one attached hydrogen (secondary N) is 3. The first kappa shape index (κ1) is 28.3. The van der Waals surface area contributed by atoms with Crippen molar-refractivity contribution in [2.24, 2.45) is 0 Å². The van der Waals surface area contributed by atoms with E-state index in [4.69, 9.17) is 9.47 Å². The summed E-state index contributed by atoms with van der Waals surface area (Å²) in [4.78, 5) is 33.0. The third-order valence-electron chi connectivity index (χ3n) is 5.14. The Morgan fingerprint density at radius 3 is 2.59 bits per heavy atom. The molecule has 1 aliphatic heterocycles. The van der Waals surface area contributed by atoms with Gasteiger partial charge in [0, 0.05) is 7.11 Å². The van der Waals surface area contributed by atoms with Gasteiger partial charge in [0.15, 0.2) is 17.4 Å². The molecule has 1 aromatic carbocycles. The minimum atomic E-state index is -5.07. The molecule has 37 heavy (non-hydrogen) atoms. The van der Waals surface area contributed by atoms with Crippen LogP contribution in [0.4, 0.5) is 17.6 Å². The van der Waals surface area contributed by atoms with Crippen LogP contribution in [-0.4, -0.2) is 53.6 Å². The number of rotatable bonds is 9. The lowest BCUT2D eigenvalue weighted by Gasteiger charge is -2.23. The zero-order valence-corrected chi connectivity index (χ0v) is 22.0. The van der Waals surface area contributed by atoms with E-state index in [1.807, 2.05) is 6.92 Å². The number of carbonyl (C=O) groups excluding carboxylic acids is 1. The summed E-state index contributed by atoms with van der Waals surface area (Å²) in [5, 5.41) is 5.73. The van der Waals surface area contributed by atoms with E-state index in [9.17, 15) is 27.2 Å². The first-order valence-corrected chi connectivity index (χ1v) is 13.2. The zero-order chi connectivity index (χ0) is 27.3. The van der Waals surface area contributed by atoms with Gasteiger partial charge in [0.05, 0.1) is 31.5 Å². The van der Waals surface area contributed by atoms with Crippen LogP contribution in [0, 0.1) is 9.39 Å². The average Bonchev–Trinajstić information content (AvgIpc) is 2.83. The number of allylic oxidation sites excluding steroid dienone is 2. The molecule has 0 saturated carbocycles. The maximum absolute atomic E-state index is 14.3. The van der Waals surface area contributed by atoms with Gasteiger partial charge < -0.3 is 29.8 Å². The highest BCUT2D eigenvalue weighted by atomic mass is 127. The van der Waals surface area contributed by atoms with Crippen molar-refractivity contribution in [1.29, 1.82) is 0 Å². The number of hydrogen-bond acceptors (Lipinski definition) is 7. The first-order valence-electron chi connectivity index (χ1n) is 10.6. The van der Waals surface area contributed by atoms with Gasteiger partial charge in [0.1, 0.15) is 15.0 Å². The van der Waals surface area contributed by atoms with Crippen molar-refractivity contribution in [2.75, 3.05) is 20.8 Å². The average molecular weight is 638 g/mol. The molecular formula is C23H23F4IN4O5. The van der Waals surface area contributed by atoms with Crippen molar-refractivity contribution in [1.82, 2.24) is 20.6 Å². The highest BCUT2D eigenvalue weighted by Gasteiger charge is 2.33. The monoisotopic (exact) mass is 638 g/mol. The van der Waals surface area contributed by atoms with Gasteiger partial charge in [-0.25, -0.2) is 9.37 Å². The second-order valence-electron chi connectivity index (χ2n) is 7.65. The molecule has 0 fully saturated rings. The van der Waals surface area contributed by atoms with E-state index in [-0.39, 0.29) is 33.3 Å². The SMILES string of the molecule is C=Ic1c(C(=O)NC(COC)c2ccc(OC(F)(F)F)c(F)c2)nc(C2=CC=C(OC)C(C)N2)[nH]c1=O. The number of nitrogens with zero attached hydrogens (tertiary/aromatic N) is 1. The lowest BCUT2D eigenvalue weighted by atomic mass is 10.1. The largest absolute Gasteiger partial charge is 0.573 e. The Bertz CT molecular complexity index is 1310. The van der Waals surface area contributed by atoms with Crippen LogP contribution in [0.1, 0.15) is 34.8 Å². The minimum absolute atomic E-state index is 0.109. The number of ether oxygens (including phenoxy) is 3. The standard InChI is InChI=1S/C23H23F4IN4O5/c1-11-16(36-4)8-6-14(29-11)20-31-19(18(28-2)21(33)32-20)22(34)30-15(10-35-3)12-5-7-17(13(24)9-12)37-23(25,26)27/h5-9,11,15,29H,2,10H2,1,3-4H3,(H,30,34)(H,31,32,33). The molecule has 0 aliphatic carbocycles. The van der Waals surface area contributed by atoms with E-state index in [0.29, 0.717) is 11.5 Å². The van der Waals surface area contributed by atoms with Gasteiger partial charge in [-0.05, 0) is 36.8 Å². The molecule has 3 N–H and O–H groups in total. The van der Waals surface area contributed by atoms with E-state index < -0.39 is 56.2 Å². The fourth-order valence-corrected chi connectivity index (χ4v) is 4.68. The smallest absolute Gasteiger partial charge is 0.499 e. The molecule has 3 rings (SSSR count). The van der Waals surface area contributed by atoms with Crippen molar-refractivity contribution in [3.05, 3.63) is 72.9 Å². The quantitative estimate of drug-likeness (QED) is 0.285. The lowest BCUT2D eigenvalue weighted by molar-refractivity contribution is -0.275. The van der Waals surface area contributed by atoms with Crippen LogP contribution in [0.2, 0.25) is 0 Å². The Morgan fingerprint density at radius 1 is 1.30 bits per heavy atom. The van der Waals surface area contributed by atoms with Crippen LogP contribution in [0.5, 0.6) is 5.75 Å². The highest BCUT2D eigenvalue weighted by Crippen LogP contribution is 2.28. The Balaban J connectivity index is 1.94.